The molecule has 0 amide bonds. The van der Waals surface area contributed by atoms with Gasteiger partial charge in [-0.25, -0.2) is 0 Å². The molecule has 3 heteroatoms. The van der Waals surface area contributed by atoms with Crippen molar-refractivity contribution in [2.75, 3.05) is 19.5 Å². The van der Waals surface area contributed by atoms with Gasteiger partial charge < -0.3 is 14.8 Å². The molecule has 1 heterocycles. The number of hydrogen-bond acceptors (Lipinski definition) is 3. The van der Waals surface area contributed by atoms with E-state index >= 15 is 0 Å². The molecule has 3 rings (SSSR count). The topological polar surface area (TPSA) is 30.5 Å². The van der Waals surface area contributed by atoms with Crippen LogP contribution in [-0.2, 0) is 6.42 Å². The number of hydrogen-bond donors (Lipinski definition) is 1. The molecule has 0 fully saturated rings. The van der Waals surface area contributed by atoms with Crippen molar-refractivity contribution in [3.8, 4) is 11.5 Å². The number of anilines is 1. The van der Waals surface area contributed by atoms with Crippen LogP contribution in [0.15, 0.2) is 36.4 Å². The fraction of sp³-hybridized carbons (Fsp3) is 0.294. The summed E-state index contributed by atoms with van der Waals surface area (Å²) in [6.45, 7) is 2.13. The summed E-state index contributed by atoms with van der Waals surface area (Å²) in [6, 6.07) is 13.0. The third-order valence-corrected chi connectivity index (χ3v) is 3.82. The van der Waals surface area contributed by atoms with Crippen LogP contribution in [0.25, 0.3) is 0 Å². The molecule has 1 aliphatic rings. The van der Waals surface area contributed by atoms with Gasteiger partial charge in [0.05, 0.1) is 20.3 Å². The highest BCUT2D eigenvalue weighted by molar-refractivity contribution is 5.60. The number of fused-ring (bicyclic) bond motifs is 1. The summed E-state index contributed by atoms with van der Waals surface area (Å²) in [5.41, 5.74) is 5.13. The van der Waals surface area contributed by atoms with E-state index in [1.807, 2.05) is 6.07 Å². The van der Waals surface area contributed by atoms with Crippen LogP contribution >= 0.6 is 0 Å². The molecule has 1 aliphatic heterocycles. The molecular weight excluding hydrogens is 250 g/mol. The molecule has 0 radical (unpaired) electrons. The second-order valence-corrected chi connectivity index (χ2v) is 5.18. The molecule has 1 atom stereocenters. The zero-order valence-electron chi connectivity index (χ0n) is 12.1. The number of methoxy groups -OCH3 is 2. The SMILES string of the molecule is COc1ccc(C2Cc3cc(C)ccc3N2)cc1OC. The van der Waals surface area contributed by atoms with E-state index in [1.54, 1.807) is 14.2 Å². The highest BCUT2D eigenvalue weighted by atomic mass is 16.5. The molecule has 1 unspecified atom stereocenters. The van der Waals surface area contributed by atoms with E-state index in [4.69, 9.17) is 9.47 Å². The maximum absolute atomic E-state index is 5.38. The second-order valence-electron chi connectivity index (χ2n) is 5.18. The number of rotatable bonds is 3. The van der Waals surface area contributed by atoms with Gasteiger partial charge in [0.15, 0.2) is 11.5 Å². The van der Waals surface area contributed by atoms with Crippen molar-refractivity contribution in [2.45, 2.75) is 19.4 Å². The van der Waals surface area contributed by atoms with Crippen molar-refractivity contribution in [1.29, 1.82) is 0 Å². The van der Waals surface area contributed by atoms with Gasteiger partial charge in [0.25, 0.3) is 0 Å². The molecule has 1 N–H and O–H groups in total. The van der Waals surface area contributed by atoms with E-state index in [0.29, 0.717) is 6.04 Å². The molecule has 0 bridgehead atoms. The van der Waals surface area contributed by atoms with Gasteiger partial charge in [-0.15, -0.1) is 0 Å². The molecule has 2 aromatic carbocycles. The van der Waals surface area contributed by atoms with Gasteiger partial charge in [-0.05, 0) is 42.7 Å². The maximum Gasteiger partial charge on any atom is 0.161 e. The zero-order chi connectivity index (χ0) is 14.1. The number of aryl methyl sites for hydroxylation is 1. The lowest BCUT2D eigenvalue weighted by atomic mass is 10.0. The third-order valence-electron chi connectivity index (χ3n) is 3.82. The van der Waals surface area contributed by atoms with Crippen LogP contribution in [0.1, 0.15) is 22.7 Å². The van der Waals surface area contributed by atoms with E-state index in [0.717, 1.165) is 17.9 Å². The Morgan fingerprint density at radius 1 is 1.00 bits per heavy atom. The quantitative estimate of drug-likeness (QED) is 0.921. The summed E-state index contributed by atoms with van der Waals surface area (Å²) < 4.78 is 10.7. The first-order chi connectivity index (χ1) is 9.71. The van der Waals surface area contributed by atoms with Gasteiger partial charge in [0, 0.05) is 5.69 Å². The summed E-state index contributed by atoms with van der Waals surface area (Å²) in [6.07, 6.45) is 1.01. The lowest BCUT2D eigenvalue weighted by Gasteiger charge is -2.15. The fourth-order valence-electron chi connectivity index (χ4n) is 2.76. The molecule has 3 nitrogen and oxygen atoms in total. The molecule has 0 spiro atoms. The van der Waals surface area contributed by atoms with Crippen LogP contribution in [0, 0.1) is 6.92 Å². The van der Waals surface area contributed by atoms with E-state index < -0.39 is 0 Å². The van der Waals surface area contributed by atoms with Crippen LogP contribution in [0.4, 0.5) is 5.69 Å². The maximum atomic E-state index is 5.38. The van der Waals surface area contributed by atoms with Crippen molar-refractivity contribution in [1.82, 2.24) is 0 Å². The highest BCUT2D eigenvalue weighted by Crippen LogP contribution is 2.37. The first kappa shape index (κ1) is 12.9. The lowest BCUT2D eigenvalue weighted by molar-refractivity contribution is 0.354. The van der Waals surface area contributed by atoms with Crippen molar-refractivity contribution < 1.29 is 9.47 Å². The number of benzene rings is 2. The van der Waals surface area contributed by atoms with Crippen LogP contribution in [-0.4, -0.2) is 14.2 Å². The molecule has 0 aromatic heterocycles. The molecular formula is C17H19NO2. The van der Waals surface area contributed by atoms with Crippen molar-refractivity contribution in [3.63, 3.8) is 0 Å². The van der Waals surface area contributed by atoms with Gasteiger partial charge in [0.1, 0.15) is 0 Å². The van der Waals surface area contributed by atoms with Gasteiger partial charge >= 0.3 is 0 Å². The Hall–Kier alpha value is -2.16. The first-order valence-corrected chi connectivity index (χ1v) is 6.79. The van der Waals surface area contributed by atoms with Crippen molar-refractivity contribution in [3.05, 3.63) is 53.1 Å². The average Bonchev–Trinajstić information content (AvgIpc) is 2.89. The molecule has 2 aromatic rings. The molecule has 0 aliphatic carbocycles. The van der Waals surface area contributed by atoms with Crippen molar-refractivity contribution >= 4 is 5.69 Å². The van der Waals surface area contributed by atoms with Gasteiger partial charge in [-0.3, -0.25) is 0 Å². The fourth-order valence-corrected chi connectivity index (χ4v) is 2.76. The van der Waals surface area contributed by atoms with Gasteiger partial charge in [-0.2, -0.15) is 0 Å². The molecule has 0 saturated heterocycles. The Morgan fingerprint density at radius 2 is 1.80 bits per heavy atom. The standard InChI is InChI=1S/C17H19NO2/c1-11-4-6-14-13(8-11)9-15(18-14)12-5-7-16(19-2)17(10-12)20-3/h4-8,10,15,18H,9H2,1-3H3. The highest BCUT2D eigenvalue weighted by Gasteiger charge is 2.22. The largest absolute Gasteiger partial charge is 0.493 e. The molecule has 20 heavy (non-hydrogen) atoms. The number of nitrogens with one attached hydrogen (secondary N) is 1. The summed E-state index contributed by atoms with van der Waals surface area (Å²) in [5, 5.41) is 3.57. The van der Waals surface area contributed by atoms with Crippen LogP contribution in [0.2, 0.25) is 0 Å². The minimum atomic E-state index is 0.298. The second kappa shape index (κ2) is 5.08. The minimum absolute atomic E-state index is 0.298. The van der Waals surface area contributed by atoms with Crippen molar-refractivity contribution in [2.24, 2.45) is 0 Å². The van der Waals surface area contributed by atoms with E-state index in [1.165, 1.54) is 22.4 Å². The Morgan fingerprint density at radius 3 is 2.55 bits per heavy atom. The summed E-state index contributed by atoms with van der Waals surface area (Å²) >= 11 is 0. The van der Waals surface area contributed by atoms with Crippen LogP contribution in [0.5, 0.6) is 11.5 Å². The van der Waals surface area contributed by atoms with E-state index in [9.17, 15) is 0 Å². The third kappa shape index (κ3) is 2.20. The Labute approximate surface area is 119 Å². The normalized spacial score (nSPS) is 16.4. The Balaban J connectivity index is 1.89. The summed E-state index contributed by atoms with van der Waals surface area (Å²) in [4.78, 5) is 0. The number of ether oxygens (including phenoxy) is 2. The lowest BCUT2D eigenvalue weighted by Crippen LogP contribution is -2.06. The van der Waals surface area contributed by atoms with Gasteiger partial charge in [-0.1, -0.05) is 23.8 Å². The average molecular weight is 269 g/mol. The monoisotopic (exact) mass is 269 g/mol. The van der Waals surface area contributed by atoms with Crippen LogP contribution < -0.4 is 14.8 Å². The Kier molecular flexibility index (Phi) is 3.26. The Bertz CT molecular complexity index is 637. The van der Waals surface area contributed by atoms with E-state index in [2.05, 4.69) is 42.6 Å². The minimum Gasteiger partial charge on any atom is -0.493 e. The summed E-state index contributed by atoms with van der Waals surface area (Å²) in [7, 11) is 3.33. The van der Waals surface area contributed by atoms with Gasteiger partial charge in [0.2, 0.25) is 0 Å². The zero-order valence-corrected chi connectivity index (χ0v) is 12.1. The molecule has 104 valence electrons. The first-order valence-electron chi connectivity index (χ1n) is 6.79. The van der Waals surface area contributed by atoms with Crippen LogP contribution in [0.3, 0.4) is 0 Å². The predicted octanol–water partition coefficient (Wildman–Crippen LogP) is 3.72. The smallest absolute Gasteiger partial charge is 0.161 e. The van der Waals surface area contributed by atoms with E-state index in [-0.39, 0.29) is 0 Å². The molecule has 0 saturated carbocycles. The predicted molar refractivity (Wildman–Crippen MR) is 80.8 cm³/mol. The summed E-state index contributed by atoms with van der Waals surface area (Å²) in [5.74, 6) is 1.54.